The van der Waals surface area contributed by atoms with Crippen molar-refractivity contribution in [3.63, 3.8) is 0 Å². The van der Waals surface area contributed by atoms with Gasteiger partial charge in [-0.05, 0) is 23.8 Å². The van der Waals surface area contributed by atoms with Crippen LogP contribution in [-0.2, 0) is 14.2 Å². The lowest BCUT2D eigenvalue weighted by Gasteiger charge is -2.40. The summed E-state index contributed by atoms with van der Waals surface area (Å²) in [6, 6.07) is 9.20. The zero-order chi connectivity index (χ0) is 26.0. The SMILES string of the molecule is OCC1O[C@@H](Oc2cc3c(cc2[C@H]2OC[C@H]4[C@@H]2CO[C@@H]4c2ccc4c(c2)OCO4)OCO3)C(O)[C@@H](O)[C@@H]1O. The summed E-state index contributed by atoms with van der Waals surface area (Å²) in [5.74, 6) is 2.73. The highest BCUT2D eigenvalue weighted by Gasteiger charge is 2.50. The summed E-state index contributed by atoms with van der Waals surface area (Å²) in [6.07, 6.45) is -7.70. The van der Waals surface area contributed by atoms with Crippen molar-refractivity contribution in [2.75, 3.05) is 33.4 Å². The molecular weight excluding hydrogens is 504 g/mol. The molecule has 5 aliphatic rings. The summed E-state index contributed by atoms with van der Waals surface area (Å²) < 4.78 is 46.3. The largest absolute Gasteiger partial charge is 0.461 e. The number of hydrogen-bond donors (Lipinski definition) is 4. The van der Waals surface area contributed by atoms with Crippen LogP contribution in [0.15, 0.2) is 30.3 Å². The number of aliphatic hydroxyl groups is 4. The summed E-state index contributed by atoms with van der Waals surface area (Å²) in [4.78, 5) is 0. The molecule has 38 heavy (non-hydrogen) atoms. The molecule has 3 fully saturated rings. The van der Waals surface area contributed by atoms with Crippen LogP contribution in [0.4, 0.5) is 0 Å². The third-order valence-corrected chi connectivity index (χ3v) is 7.89. The average molecular weight is 532 g/mol. The molecule has 0 aromatic heterocycles. The summed E-state index contributed by atoms with van der Waals surface area (Å²) in [7, 11) is 0. The molecule has 5 aliphatic heterocycles. The van der Waals surface area contributed by atoms with Gasteiger partial charge in [-0.3, -0.25) is 0 Å². The Morgan fingerprint density at radius 1 is 0.737 bits per heavy atom. The van der Waals surface area contributed by atoms with E-state index in [0.29, 0.717) is 47.5 Å². The van der Waals surface area contributed by atoms with Gasteiger partial charge in [-0.25, -0.2) is 0 Å². The maximum absolute atomic E-state index is 10.5. The lowest BCUT2D eigenvalue weighted by Crippen LogP contribution is -2.60. The van der Waals surface area contributed by atoms with E-state index in [1.165, 1.54) is 0 Å². The van der Waals surface area contributed by atoms with Gasteiger partial charge in [0.25, 0.3) is 0 Å². The van der Waals surface area contributed by atoms with Gasteiger partial charge in [0.1, 0.15) is 30.2 Å². The Morgan fingerprint density at radius 3 is 2.16 bits per heavy atom. The Kier molecular flexibility index (Phi) is 6.00. The van der Waals surface area contributed by atoms with E-state index < -0.39 is 43.4 Å². The van der Waals surface area contributed by atoms with E-state index in [-0.39, 0.29) is 31.5 Å². The Balaban J connectivity index is 1.17. The summed E-state index contributed by atoms with van der Waals surface area (Å²) in [6.45, 7) is 0.575. The Hall–Kier alpha value is -2.84. The molecule has 0 amide bonds. The smallest absolute Gasteiger partial charge is 0.231 e. The number of fused-ring (bicyclic) bond motifs is 3. The molecular formula is C26H28O12. The highest BCUT2D eigenvalue weighted by atomic mass is 16.7. The third-order valence-electron chi connectivity index (χ3n) is 7.89. The molecule has 0 radical (unpaired) electrons. The van der Waals surface area contributed by atoms with Crippen molar-refractivity contribution in [2.45, 2.75) is 42.9 Å². The molecule has 0 aliphatic carbocycles. The lowest BCUT2D eigenvalue weighted by molar-refractivity contribution is -0.277. The zero-order valence-corrected chi connectivity index (χ0v) is 20.2. The fourth-order valence-electron chi connectivity index (χ4n) is 5.86. The van der Waals surface area contributed by atoms with Crippen LogP contribution in [0.1, 0.15) is 23.3 Å². The van der Waals surface area contributed by atoms with Gasteiger partial charge in [-0.2, -0.15) is 0 Å². The fourth-order valence-corrected chi connectivity index (χ4v) is 5.86. The molecule has 7 rings (SSSR count). The molecule has 204 valence electrons. The van der Waals surface area contributed by atoms with Gasteiger partial charge in [0.15, 0.2) is 23.0 Å². The molecule has 3 saturated heterocycles. The minimum Gasteiger partial charge on any atom is -0.461 e. The van der Waals surface area contributed by atoms with Crippen molar-refractivity contribution in [1.82, 2.24) is 0 Å². The lowest BCUT2D eigenvalue weighted by atomic mass is 9.84. The van der Waals surface area contributed by atoms with E-state index >= 15 is 0 Å². The highest BCUT2D eigenvalue weighted by Crippen LogP contribution is 2.54. The molecule has 2 unspecified atom stereocenters. The highest BCUT2D eigenvalue weighted by molar-refractivity contribution is 5.53. The first kappa shape index (κ1) is 24.2. The standard InChI is InChI=1S/C26H28O12/c27-6-20-21(28)22(29)23(30)26(38-20)37-16-5-19-18(35-10-36-19)4-12(16)25-14-8-31-24(13(14)7-32-25)11-1-2-15-17(3-11)34-9-33-15/h1-5,13-14,20-30H,6-10H2/t13-,14-,20?,21+,22-,23?,24+,25+,26+/m0/s1. The van der Waals surface area contributed by atoms with Crippen molar-refractivity contribution in [3.8, 4) is 28.7 Å². The van der Waals surface area contributed by atoms with Gasteiger partial charge < -0.3 is 58.3 Å². The zero-order valence-electron chi connectivity index (χ0n) is 20.2. The molecule has 9 atom stereocenters. The monoisotopic (exact) mass is 532 g/mol. The van der Waals surface area contributed by atoms with E-state index in [4.69, 9.17) is 37.9 Å². The maximum Gasteiger partial charge on any atom is 0.231 e. The summed E-state index contributed by atoms with van der Waals surface area (Å²) in [5, 5.41) is 40.5. The average Bonchev–Trinajstić information content (AvgIpc) is 3.72. The number of aliphatic hydroxyl groups excluding tert-OH is 4. The molecule has 12 heteroatoms. The van der Waals surface area contributed by atoms with E-state index in [1.54, 1.807) is 12.1 Å². The molecule has 4 N–H and O–H groups in total. The van der Waals surface area contributed by atoms with Crippen molar-refractivity contribution < 1.29 is 58.3 Å². The fraction of sp³-hybridized carbons (Fsp3) is 0.538. The Bertz CT molecular complexity index is 1200. The van der Waals surface area contributed by atoms with Crippen molar-refractivity contribution in [1.29, 1.82) is 0 Å². The van der Waals surface area contributed by atoms with Crippen LogP contribution in [0, 0.1) is 11.8 Å². The number of ether oxygens (including phenoxy) is 8. The minimum atomic E-state index is -1.57. The maximum atomic E-state index is 10.5. The second kappa shape index (κ2) is 9.42. The van der Waals surface area contributed by atoms with Crippen LogP contribution in [0.3, 0.4) is 0 Å². The normalized spacial score (nSPS) is 36.9. The van der Waals surface area contributed by atoms with E-state index in [2.05, 4.69) is 0 Å². The third kappa shape index (κ3) is 3.87. The molecule has 0 bridgehead atoms. The van der Waals surface area contributed by atoms with Crippen molar-refractivity contribution >= 4 is 0 Å². The van der Waals surface area contributed by atoms with E-state index in [0.717, 1.165) is 5.56 Å². The molecule has 2 aromatic rings. The topological polar surface area (TPSA) is 155 Å². The number of rotatable bonds is 5. The molecule has 0 spiro atoms. The second-order valence-corrected chi connectivity index (χ2v) is 10.0. The van der Waals surface area contributed by atoms with Crippen LogP contribution in [0.2, 0.25) is 0 Å². The Labute approximate surface area is 217 Å². The van der Waals surface area contributed by atoms with Crippen LogP contribution in [0.5, 0.6) is 28.7 Å². The first-order valence-corrected chi connectivity index (χ1v) is 12.6. The Morgan fingerprint density at radius 2 is 1.39 bits per heavy atom. The van der Waals surface area contributed by atoms with E-state index in [9.17, 15) is 20.4 Å². The summed E-state index contributed by atoms with van der Waals surface area (Å²) >= 11 is 0. The minimum absolute atomic E-state index is 0.0112. The van der Waals surface area contributed by atoms with E-state index in [1.807, 2.05) is 18.2 Å². The number of hydrogen-bond acceptors (Lipinski definition) is 12. The number of benzene rings is 2. The van der Waals surface area contributed by atoms with Crippen molar-refractivity contribution in [2.24, 2.45) is 11.8 Å². The van der Waals surface area contributed by atoms with Crippen LogP contribution < -0.4 is 23.7 Å². The molecule has 0 saturated carbocycles. The van der Waals surface area contributed by atoms with Crippen LogP contribution in [-0.4, -0.2) is 84.5 Å². The van der Waals surface area contributed by atoms with Gasteiger partial charge in [0.05, 0.1) is 32.0 Å². The second-order valence-electron chi connectivity index (χ2n) is 10.0. The predicted molar refractivity (Wildman–Crippen MR) is 124 cm³/mol. The molecule has 12 nitrogen and oxygen atoms in total. The molecule has 2 aromatic carbocycles. The van der Waals surface area contributed by atoms with Gasteiger partial charge in [0, 0.05) is 23.5 Å². The van der Waals surface area contributed by atoms with Gasteiger partial charge >= 0.3 is 0 Å². The predicted octanol–water partition coefficient (Wildman–Crippen LogP) is 0.398. The van der Waals surface area contributed by atoms with Crippen LogP contribution >= 0.6 is 0 Å². The van der Waals surface area contributed by atoms with Gasteiger partial charge in [0.2, 0.25) is 19.9 Å². The quantitative estimate of drug-likeness (QED) is 0.421. The molecule has 5 heterocycles. The summed E-state index contributed by atoms with van der Waals surface area (Å²) in [5.41, 5.74) is 1.63. The van der Waals surface area contributed by atoms with Gasteiger partial charge in [-0.1, -0.05) is 6.07 Å². The van der Waals surface area contributed by atoms with Crippen molar-refractivity contribution in [3.05, 3.63) is 41.5 Å². The van der Waals surface area contributed by atoms with Crippen LogP contribution in [0.25, 0.3) is 0 Å². The van der Waals surface area contributed by atoms with Gasteiger partial charge in [-0.15, -0.1) is 0 Å². The first-order valence-electron chi connectivity index (χ1n) is 12.6. The first-order chi connectivity index (χ1) is 18.5.